The molecule has 0 bridgehead atoms. The van der Waals surface area contributed by atoms with Crippen LogP contribution >= 0.6 is 0 Å². The van der Waals surface area contributed by atoms with Crippen molar-refractivity contribution in [1.29, 1.82) is 0 Å². The maximum Gasteiger partial charge on any atom is 0.356 e. The van der Waals surface area contributed by atoms with E-state index in [0.717, 1.165) is 12.4 Å². The van der Waals surface area contributed by atoms with Gasteiger partial charge in [-0.2, -0.15) is 4.99 Å². The molecule has 1 saturated carbocycles. The number of aromatic carboxylic acids is 1. The molecule has 2 aromatic rings. The summed E-state index contributed by atoms with van der Waals surface area (Å²) in [6.07, 6.45) is 5.83. The van der Waals surface area contributed by atoms with Crippen molar-refractivity contribution in [2.24, 2.45) is 16.6 Å². The van der Waals surface area contributed by atoms with Crippen molar-refractivity contribution in [2.75, 3.05) is 13.7 Å². The first-order valence-corrected chi connectivity index (χ1v) is 9.67. The molecule has 0 aliphatic heterocycles. The second-order valence-electron chi connectivity index (χ2n) is 7.23. The van der Waals surface area contributed by atoms with Gasteiger partial charge in [0.15, 0.2) is 5.69 Å². The van der Waals surface area contributed by atoms with Crippen LogP contribution in [0.2, 0.25) is 0 Å². The Morgan fingerprint density at radius 3 is 2.59 bits per heavy atom. The predicted octanol–water partition coefficient (Wildman–Crippen LogP) is 1.35. The van der Waals surface area contributed by atoms with Crippen LogP contribution < -0.4 is 20.5 Å². The number of amides is 1. The van der Waals surface area contributed by atoms with Crippen LogP contribution in [0.5, 0.6) is 17.4 Å². The van der Waals surface area contributed by atoms with E-state index < -0.39 is 17.5 Å². The van der Waals surface area contributed by atoms with Gasteiger partial charge in [0.2, 0.25) is 5.88 Å². The Labute approximate surface area is 183 Å². The minimum absolute atomic E-state index is 0.00379. The zero-order valence-electron chi connectivity index (χ0n) is 17.5. The number of nitrogens with one attached hydrogen (secondary N) is 1. The third-order valence-corrected chi connectivity index (χ3v) is 4.83. The number of amidine groups is 1. The molecule has 1 aromatic heterocycles. The molecule has 32 heavy (non-hydrogen) atoms. The van der Waals surface area contributed by atoms with Gasteiger partial charge in [-0.3, -0.25) is 4.79 Å². The van der Waals surface area contributed by atoms with Gasteiger partial charge < -0.3 is 30.7 Å². The maximum absolute atomic E-state index is 12.6. The topological polar surface area (TPSA) is 169 Å². The van der Waals surface area contributed by atoms with E-state index in [1.165, 1.54) is 30.5 Å². The number of nitrogens with two attached hydrogens (primary N) is 1. The summed E-state index contributed by atoms with van der Waals surface area (Å²) < 4.78 is 11.6. The number of nitrogens with zero attached hydrogens (tertiary/aromatic N) is 3. The standard InChI is InChI=1S/C21H23N5O6/c1-12-8-21(12,11-27)32-15-6-13(19(28)26-17(22)3-4-23-2)5-14(7-15)31-18-10-24-16(9-25-18)20(29)30/h3-7,9-10,12,23,27H,8,11H2,1-2H3,(H,29,30)(H2,22,26,28)/b4-3-. The summed E-state index contributed by atoms with van der Waals surface area (Å²) in [4.78, 5) is 35.0. The summed E-state index contributed by atoms with van der Waals surface area (Å²) in [6.45, 7) is 1.77. The summed E-state index contributed by atoms with van der Waals surface area (Å²) in [5, 5.41) is 21.4. The van der Waals surface area contributed by atoms with Crippen LogP contribution in [-0.2, 0) is 0 Å². The molecule has 2 atom stereocenters. The molecule has 1 aliphatic carbocycles. The van der Waals surface area contributed by atoms with Crippen molar-refractivity contribution in [3.8, 4) is 17.4 Å². The van der Waals surface area contributed by atoms with E-state index in [4.69, 9.17) is 20.3 Å². The number of aliphatic imine (C=N–C) groups is 1. The second kappa shape index (κ2) is 9.43. The smallest absolute Gasteiger partial charge is 0.356 e. The number of carbonyl (C=O) groups excluding carboxylic acids is 1. The minimum Gasteiger partial charge on any atom is -0.484 e. The molecule has 1 aromatic carbocycles. The van der Waals surface area contributed by atoms with Crippen LogP contribution in [0, 0.1) is 5.92 Å². The Bertz CT molecular complexity index is 1060. The molecule has 168 valence electrons. The lowest BCUT2D eigenvalue weighted by molar-refractivity contribution is 0.0689. The maximum atomic E-state index is 12.6. The third kappa shape index (κ3) is 5.38. The molecular formula is C21H23N5O6. The molecule has 1 aliphatic rings. The lowest BCUT2D eigenvalue weighted by Gasteiger charge is -2.18. The van der Waals surface area contributed by atoms with Gasteiger partial charge in [0.25, 0.3) is 5.91 Å². The highest BCUT2D eigenvalue weighted by atomic mass is 16.5. The molecule has 0 spiro atoms. The molecule has 5 N–H and O–H groups in total. The van der Waals surface area contributed by atoms with E-state index in [0.29, 0.717) is 12.2 Å². The van der Waals surface area contributed by atoms with E-state index in [2.05, 4.69) is 20.3 Å². The number of aromatic nitrogens is 2. The van der Waals surface area contributed by atoms with Gasteiger partial charge in [-0.25, -0.2) is 14.8 Å². The average Bonchev–Trinajstić information content (AvgIpc) is 3.41. The first-order chi connectivity index (χ1) is 15.3. The Hall–Kier alpha value is -3.99. The number of aliphatic hydroxyl groups excluding tert-OH is 1. The number of benzene rings is 1. The van der Waals surface area contributed by atoms with E-state index in [1.807, 2.05) is 6.92 Å². The zero-order chi connectivity index (χ0) is 23.3. The molecule has 11 heteroatoms. The van der Waals surface area contributed by atoms with E-state index in [-0.39, 0.29) is 41.2 Å². The zero-order valence-corrected chi connectivity index (χ0v) is 17.5. The Morgan fingerprint density at radius 2 is 2.03 bits per heavy atom. The normalized spacial score (nSPS) is 20.1. The van der Waals surface area contributed by atoms with Crippen LogP contribution in [0.25, 0.3) is 0 Å². The number of hydrogen-bond donors (Lipinski definition) is 4. The van der Waals surface area contributed by atoms with Crippen molar-refractivity contribution in [3.63, 3.8) is 0 Å². The average molecular weight is 441 g/mol. The summed E-state index contributed by atoms with van der Waals surface area (Å²) in [7, 11) is 1.68. The van der Waals surface area contributed by atoms with E-state index in [9.17, 15) is 14.7 Å². The van der Waals surface area contributed by atoms with E-state index in [1.54, 1.807) is 7.05 Å². The number of rotatable bonds is 9. The fourth-order valence-corrected chi connectivity index (χ4v) is 2.89. The van der Waals surface area contributed by atoms with Gasteiger partial charge >= 0.3 is 5.97 Å². The van der Waals surface area contributed by atoms with Crippen LogP contribution in [0.1, 0.15) is 34.2 Å². The van der Waals surface area contributed by atoms with Gasteiger partial charge in [0, 0.05) is 24.6 Å². The molecule has 2 unspecified atom stereocenters. The highest BCUT2D eigenvalue weighted by Gasteiger charge is 2.53. The Balaban J connectivity index is 1.92. The second-order valence-corrected chi connectivity index (χ2v) is 7.23. The predicted molar refractivity (Wildman–Crippen MR) is 114 cm³/mol. The van der Waals surface area contributed by atoms with Crippen LogP contribution in [0.15, 0.2) is 47.9 Å². The van der Waals surface area contributed by atoms with Crippen molar-refractivity contribution in [2.45, 2.75) is 18.9 Å². The van der Waals surface area contributed by atoms with Gasteiger partial charge in [-0.1, -0.05) is 6.92 Å². The van der Waals surface area contributed by atoms with Gasteiger partial charge in [0.1, 0.15) is 22.9 Å². The highest BCUT2D eigenvalue weighted by Crippen LogP contribution is 2.46. The number of hydrogen-bond acceptors (Lipinski definition) is 8. The molecule has 3 rings (SSSR count). The van der Waals surface area contributed by atoms with Crippen molar-refractivity contribution < 1.29 is 29.3 Å². The summed E-state index contributed by atoms with van der Waals surface area (Å²) in [6, 6.07) is 4.43. The van der Waals surface area contributed by atoms with Crippen molar-refractivity contribution in [1.82, 2.24) is 15.3 Å². The number of ether oxygens (including phenoxy) is 2. The molecule has 1 heterocycles. The van der Waals surface area contributed by atoms with Gasteiger partial charge in [-0.05, 0) is 30.8 Å². The lowest BCUT2D eigenvalue weighted by Crippen LogP contribution is -2.25. The molecule has 0 radical (unpaired) electrons. The van der Waals surface area contributed by atoms with E-state index >= 15 is 0 Å². The summed E-state index contributed by atoms with van der Waals surface area (Å²) >= 11 is 0. The first kappa shape index (κ1) is 22.7. The fraction of sp³-hybridized carbons (Fsp3) is 0.286. The minimum atomic E-state index is -1.22. The van der Waals surface area contributed by atoms with Crippen molar-refractivity contribution >= 4 is 17.7 Å². The highest BCUT2D eigenvalue weighted by molar-refractivity contribution is 6.06. The number of carboxylic acids is 1. The number of carboxylic acid groups (broad SMARTS) is 1. The fourth-order valence-electron chi connectivity index (χ4n) is 2.89. The lowest BCUT2D eigenvalue weighted by atomic mass is 10.2. The van der Waals surface area contributed by atoms with Gasteiger partial charge in [-0.15, -0.1) is 0 Å². The summed E-state index contributed by atoms with van der Waals surface area (Å²) in [5.74, 6) is -1.22. The Kier molecular flexibility index (Phi) is 6.69. The largest absolute Gasteiger partial charge is 0.484 e. The monoisotopic (exact) mass is 441 g/mol. The van der Waals surface area contributed by atoms with Crippen LogP contribution in [0.4, 0.5) is 0 Å². The van der Waals surface area contributed by atoms with Crippen molar-refractivity contribution in [3.05, 3.63) is 54.1 Å². The van der Waals surface area contributed by atoms with Crippen LogP contribution in [-0.4, -0.2) is 57.1 Å². The SMILES string of the molecule is CN/C=C\C(N)=NC(=O)c1cc(Oc2cnc(C(=O)O)cn2)cc(OC2(CO)CC2C)c1. The molecule has 11 nitrogen and oxygen atoms in total. The molecule has 1 amide bonds. The summed E-state index contributed by atoms with van der Waals surface area (Å²) in [5.41, 5.74) is 4.90. The van der Waals surface area contributed by atoms with Crippen LogP contribution in [0.3, 0.4) is 0 Å². The number of aliphatic hydroxyl groups is 1. The number of carbonyl (C=O) groups is 2. The first-order valence-electron chi connectivity index (χ1n) is 9.67. The Morgan fingerprint density at radius 1 is 1.31 bits per heavy atom. The molecular weight excluding hydrogens is 418 g/mol. The molecule has 0 saturated heterocycles. The quantitative estimate of drug-likeness (QED) is 0.329. The third-order valence-electron chi connectivity index (χ3n) is 4.83. The van der Waals surface area contributed by atoms with Gasteiger partial charge in [0.05, 0.1) is 19.0 Å². The molecule has 1 fully saturated rings.